The van der Waals surface area contributed by atoms with Crippen molar-refractivity contribution in [1.29, 1.82) is 0 Å². The summed E-state index contributed by atoms with van der Waals surface area (Å²) < 4.78 is 2.45. The van der Waals surface area contributed by atoms with Gasteiger partial charge in [0.1, 0.15) is 10.5 Å². The van der Waals surface area contributed by atoms with Gasteiger partial charge in [-0.1, -0.05) is 12.2 Å². The zero-order valence-electron chi connectivity index (χ0n) is 9.28. The molecule has 0 amide bonds. The van der Waals surface area contributed by atoms with Crippen LogP contribution < -0.4 is 0 Å². The number of hydrogen-bond donors (Lipinski definition) is 1. The Labute approximate surface area is 126 Å². The minimum atomic E-state index is 0.586. The maximum atomic E-state index is 5.30. The Morgan fingerprint density at radius 1 is 1.28 bits per heavy atom. The van der Waals surface area contributed by atoms with Crippen LogP contribution in [0.3, 0.4) is 0 Å². The summed E-state index contributed by atoms with van der Waals surface area (Å²) in [5.41, 5.74) is 2.09. The summed E-state index contributed by atoms with van der Waals surface area (Å²) in [4.78, 5) is 11.9. The Morgan fingerprint density at radius 2 is 2.06 bits per heavy atom. The van der Waals surface area contributed by atoms with E-state index in [9.17, 15) is 0 Å². The van der Waals surface area contributed by atoms with Gasteiger partial charge in [0.2, 0.25) is 0 Å². The molecule has 0 radical (unpaired) electrons. The number of halogens is 2. The van der Waals surface area contributed by atoms with E-state index in [4.69, 9.17) is 12.2 Å². The molecule has 0 aromatic carbocycles. The third-order valence-electron chi connectivity index (χ3n) is 2.85. The van der Waals surface area contributed by atoms with E-state index in [-0.39, 0.29) is 0 Å². The highest BCUT2D eigenvalue weighted by molar-refractivity contribution is 9.10. The summed E-state index contributed by atoms with van der Waals surface area (Å²) in [7, 11) is 0. The molecule has 2 aromatic heterocycles. The highest BCUT2D eigenvalue weighted by Gasteiger charge is 2.27. The predicted octanol–water partition coefficient (Wildman–Crippen LogP) is 4.60. The summed E-state index contributed by atoms with van der Waals surface area (Å²) in [6.45, 7) is 0. The summed E-state index contributed by atoms with van der Waals surface area (Å²) >= 11 is 12.2. The Hall–Kier alpha value is -0.590. The van der Waals surface area contributed by atoms with Crippen molar-refractivity contribution < 1.29 is 0 Å². The first-order chi connectivity index (χ1) is 8.65. The minimum Gasteiger partial charge on any atom is -0.342 e. The first-order valence-corrected chi connectivity index (χ1v) is 7.55. The average molecular weight is 387 g/mol. The van der Waals surface area contributed by atoms with Crippen LogP contribution in [-0.2, 0) is 0 Å². The number of H-pyrrole nitrogens is 1. The molecule has 0 aliphatic heterocycles. The molecule has 1 aliphatic carbocycles. The lowest BCUT2D eigenvalue weighted by Crippen LogP contribution is -1.97. The molecule has 0 atom stereocenters. The number of nitrogens with zero attached hydrogens (tertiary/aromatic N) is 2. The van der Waals surface area contributed by atoms with Gasteiger partial charge in [0, 0.05) is 34.0 Å². The van der Waals surface area contributed by atoms with Crippen LogP contribution in [0.15, 0.2) is 27.4 Å². The largest absolute Gasteiger partial charge is 0.342 e. The summed E-state index contributed by atoms with van der Waals surface area (Å²) in [6, 6.07) is 1.98. The molecule has 3 rings (SSSR count). The van der Waals surface area contributed by atoms with E-state index < -0.39 is 0 Å². The van der Waals surface area contributed by atoms with Crippen LogP contribution in [0.1, 0.15) is 24.5 Å². The number of pyridine rings is 1. The zero-order valence-corrected chi connectivity index (χ0v) is 13.3. The first kappa shape index (κ1) is 12.4. The maximum Gasteiger partial charge on any atom is 0.144 e. The quantitative estimate of drug-likeness (QED) is 0.766. The van der Waals surface area contributed by atoms with Crippen molar-refractivity contribution in [3.8, 4) is 11.4 Å². The second-order valence-electron chi connectivity index (χ2n) is 4.28. The lowest BCUT2D eigenvalue weighted by molar-refractivity contribution is 0.971. The molecule has 0 unspecified atom stereocenters. The number of aromatic amines is 1. The van der Waals surface area contributed by atoms with Crippen molar-refractivity contribution in [3.63, 3.8) is 0 Å². The predicted molar refractivity (Wildman–Crippen MR) is 80.0 cm³/mol. The van der Waals surface area contributed by atoms with Crippen LogP contribution >= 0.6 is 44.1 Å². The van der Waals surface area contributed by atoms with E-state index in [0.29, 0.717) is 10.6 Å². The fourth-order valence-electron chi connectivity index (χ4n) is 1.81. The van der Waals surface area contributed by atoms with Crippen molar-refractivity contribution in [2.24, 2.45) is 0 Å². The van der Waals surface area contributed by atoms with E-state index in [2.05, 4.69) is 46.8 Å². The standard InChI is InChI=1S/C12H9Br2N3S/c13-8-3-7(4-15-5-8)11-16-10(6-1-2-6)9(14)12(18)17-11/h3-6H,1-2H2,(H,16,17,18). The van der Waals surface area contributed by atoms with Gasteiger partial charge in [-0.3, -0.25) is 4.98 Å². The van der Waals surface area contributed by atoms with E-state index in [1.807, 2.05) is 6.07 Å². The van der Waals surface area contributed by atoms with Crippen LogP contribution in [-0.4, -0.2) is 15.0 Å². The number of hydrogen-bond acceptors (Lipinski definition) is 3. The van der Waals surface area contributed by atoms with Crippen LogP contribution in [0.25, 0.3) is 11.4 Å². The summed E-state index contributed by atoms with van der Waals surface area (Å²) in [5.74, 6) is 1.36. The van der Waals surface area contributed by atoms with Crippen molar-refractivity contribution in [2.75, 3.05) is 0 Å². The number of rotatable bonds is 2. The molecule has 2 aromatic rings. The van der Waals surface area contributed by atoms with Gasteiger partial charge in [-0.15, -0.1) is 0 Å². The number of nitrogens with one attached hydrogen (secondary N) is 1. The molecule has 1 N–H and O–H groups in total. The molecule has 6 heteroatoms. The molecular formula is C12H9Br2N3S. The van der Waals surface area contributed by atoms with Gasteiger partial charge in [0.25, 0.3) is 0 Å². The summed E-state index contributed by atoms with van der Waals surface area (Å²) in [6.07, 6.45) is 5.95. The third kappa shape index (κ3) is 2.41. The van der Waals surface area contributed by atoms with Crippen LogP contribution in [0.5, 0.6) is 0 Å². The molecule has 0 bridgehead atoms. The SMILES string of the molecule is S=c1nc(-c2cncc(Br)c2)[nH]c(C2CC2)c1Br. The molecule has 1 fully saturated rings. The second kappa shape index (κ2) is 4.83. The topological polar surface area (TPSA) is 41.6 Å². The molecule has 1 saturated carbocycles. The lowest BCUT2D eigenvalue weighted by atomic mass is 10.2. The van der Waals surface area contributed by atoms with Gasteiger partial charge in [0.15, 0.2) is 0 Å². The van der Waals surface area contributed by atoms with Gasteiger partial charge in [0.05, 0.1) is 4.47 Å². The second-order valence-corrected chi connectivity index (χ2v) is 6.38. The van der Waals surface area contributed by atoms with Gasteiger partial charge < -0.3 is 4.98 Å². The zero-order chi connectivity index (χ0) is 12.7. The maximum absolute atomic E-state index is 5.30. The minimum absolute atomic E-state index is 0.586. The normalized spacial score (nSPS) is 14.8. The first-order valence-electron chi connectivity index (χ1n) is 5.56. The van der Waals surface area contributed by atoms with Crippen molar-refractivity contribution in [1.82, 2.24) is 15.0 Å². The van der Waals surface area contributed by atoms with Crippen molar-refractivity contribution >= 4 is 44.1 Å². The summed E-state index contributed by atoms with van der Waals surface area (Å²) in [5, 5.41) is 0. The Kier molecular flexibility index (Phi) is 3.34. The van der Waals surface area contributed by atoms with Crippen LogP contribution in [0.2, 0.25) is 0 Å². The van der Waals surface area contributed by atoms with Gasteiger partial charge in [-0.05, 0) is 50.8 Å². The van der Waals surface area contributed by atoms with Crippen LogP contribution in [0, 0.1) is 4.64 Å². The Morgan fingerprint density at radius 3 is 2.72 bits per heavy atom. The molecule has 92 valence electrons. The monoisotopic (exact) mass is 385 g/mol. The Balaban J connectivity index is 2.15. The van der Waals surface area contributed by atoms with Gasteiger partial charge >= 0.3 is 0 Å². The fraction of sp³-hybridized carbons (Fsp3) is 0.250. The smallest absolute Gasteiger partial charge is 0.144 e. The highest BCUT2D eigenvalue weighted by atomic mass is 79.9. The highest BCUT2D eigenvalue weighted by Crippen LogP contribution is 2.42. The Bertz CT molecular complexity index is 665. The molecule has 18 heavy (non-hydrogen) atoms. The van der Waals surface area contributed by atoms with E-state index in [1.165, 1.54) is 12.8 Å². The van der Waals surface area contributed by atoms with E-state index in [0.717, 1.165) is 26.0 Å². The molecule has 2 heterocycles. The van der Waals surface area contributed by atoms with E-state index in [1.54, 1.807) is 12.4 Å². The van der Waals surface area contributed by atoms with Crippen molar-refractivity contribution in [2.45, 2.75) is 18.8 Å². The van der Waals surface area contributed by atoms with Crippen LogP contribution in [0.4, 0.5) is 0 Å². The molecule has 0 saturated heterocycles. The fourth-order valence-corrected chi connectivity index (χ4v) is 2.89. The van der Waals surface area contributed by atoms with Gasteiger partial charge in [-0.2, -0.15) is 0 Å². The van der Waals surface area contributed by atoms with Crippen molar-refractivity contribution in [3.05, 3.63) is 37.7 Å². The molecule has 3 nitrogen and oxygen atoms in total. The lowest BCUT2D eigenvalue weighted by Gasteiger charge is -2.07. The van der Waals surface area contributed by atoms with E-state index >= 15 is 0 Å². The van der Waals surface area contributed by atoms with Gasteiger partial charge in [-0.25, -0.2) is 4.98 Å². The molecular weight excluding hydrogens is 378 g/mol. The molecule has 1 aliphatic rings. The average Bonchev–Trinajstić information content (AvgIpc) is 3.16. The third-order valence-corrected chi connectivity index (χ3v) is 4.65. The number of aromatic nitrogens is 3. The molecule has 0 spiro atoms.